The van der Waals surface area contributed by atoms with Crippen LogP contribution in [0, 0.1) is 0 Å². The molecule has 0 radical (unpaired) electrons. The standard InChI is InChI=1S/C12H14FNO5/c1-18-11(16)10(14-12(17)19-7-13)6-8-2-4-9(15)5-3-8/h2-5,10,15H,6-7H2,1H3,(H,14,17)/t10-/m0/s1. The first-order chi connectivity index (χ1) is 9.06. The van der Waals surface area contributed by atoms with Crippen LogP contribution in [-0.4, -0.2) is 37.2 Å². The molecule has 1 aromatic rings. The summed E-state index contributed by atoms with van der Waals surface area (Å²) in [6.07, 6.45) is -0.911. The van der Waals surface area contributed by atoms with E-state index in [0.717, 1.165) is 0 Å². The maximum atomic E-state index is 11.8. The van der Waals surface area contributed by atoms with Crippen molar-refractivity contribution < 1.29 is 28.6 Å². The van der Waals surface area contributed by atoms with Crippen molar-refractivity contribution in [1.29, 1.82) is 0 Å². The Kier molecular flexibility index (Phi) is 5.59. The zero-order valence-corrected chi connectivity index (χ0v) is 10.3. The van der Waals surface area contributed by atoms with Crippen LogP contribution in [-0.2, 0) is 20.7 Å². The second-order valence-corrected chi connectivity index (χ2v) is 3.63. The minimum Gasteiger partial charge on any atom is -0.508 e. The molecule has 0 unspecified atom stereocenters. The quantitative estimate of drug-likeness (QED) is 0.784. The van der Waals surface area contributed by atoms with Crippen LogP contribution in [0.1, 0.15) is 5.56 Å². The molecule has 0 saturated heterocycles. The van der Waals surface area contributed by atoms with E-state index >= 15 is 0 Å². The zero-order chi connectivity index (χ0) is 14.3. The molecule has 0 aromatic heterocycles. The molecule has 1 atom stereocenters. The fraction of sp³-hybridized carbons (Fsp3) is 0.333. The van der Waals surface area contributed by atoms with Crippen molar-refractivity contribution in [2.75, 3.05) is 14.0 Å². The SMILES string of the molecule is COC(=O)[C@H](Cc1ccc(O)cc1)NC(=O)OCF. The second-order valence-electron chi connectivity index (χ2n) is 3.63. The van der Waals surface area contributed by atoms with Crippen LogP contribution in [0.25, 0.3) is 0 Å². The molecular formula is C12H14FNO5. The van der Waals surface area contributed by atoms with Gasteiger partial charge in [0.25, 0.3) is 0 Å². The Morgan fingerprint density at radius 3 is 2.53 bits per heavy atom. The number of alkyl halides is 1. The van der Waals surface area contributed by atoms with Crippen LogP contribution in [0.4, 0.5) is 9.18 Å². The summed E-state index contributed by atoms with van der Waals surface area (Å²) >= 11 is 0. The highest BCUT2D eigenvalue weighted by Crippen LogP contribution is 2.11. The summed E-state index contributed by atoms with van der Waals surface area (Å²) < 4.78 is 20.4. The van der Waals surface area contributed by atoms with Crippen molar-refractivity contribution >= 4 is 12.1 Å². The van der Waals surface area contributed by atoms with Crippen molar-refractivity contribution in [3.8, 4) is 5.75 Å². The number of amides is 1. The van der Waals surface area contributed by atoms with Gasteiger partial charge in [-0.25, -0.2) is 14.0 Å². The van der Waals surface area contributed by atoms with Gasteiger partial charge in [0.2, 0.25) is 6.86 Å². The molecular weight excluding hydrogens is 257 g/mol. The van der Waals surface area contributed by atoms with Gasteiger partial charge < -0.3 is 19.9 Å². The first-order valence-electron chi connectivity index (χ1n) is 5.41. The van der Waals surface area contributed by atoms with E-state index in [1.165, 1.54) is 19.2 Å². The van der Waals surface area contributed by atoms with E-state index in [-0.39, 0.29) is 12.2 Å². The fourth-order valence-corrected chi connectivity index (χ4v) is 1.44. The summed E-state index contributed by atoms with van der Waals surface area (Å²) in [5.41, 5.74) is 0.689. The van der Waals surface area contributed by atoms with Gasteiger partial charge in [0, 0.05) is 6.42 Å². The number of esters is 1. The number of phenols is 1. The number of hydrogen-bond acceptors (Lipinski definition) is 5. The average Bonchev–Trinajstić information content (AvgIpc) is 2.40. The Balaban J connectivity index is 2.71. The number of alkyl carbamates (subject to hydrolysis) is 1. The Morgan fingerprint density at radius 1 is 1.37 bits per heavy atom. The van der Waals surface area contributed by atoms with Crippen molar-refractivity contribution in [1.82, 2.24) is 5.32 Å². The van der Waals surface area contributed by atoms with E-state index in [0.29, 0.717) is 5.56 Å². The predicted molar refractivity (Wildman–Crippen MR) is 63.2 cm³/mol. The predicted octanol–water partition coefficient (Wildman–Crippen LogP) is 1.13. The van der Waals surface area contributed by atoms with Gasteiger partial charge in [-0.05, 0) is 17.7 Å². The van der Waals surface area contributed by atoms with Crippen LogP contribution in [0.15, 0.2) is 24.3 Å². The number of rotatable bonds is 5. The molecule has 1 rings (SSSR count). The Hall–Kier alpha value is -2.31. The Bertz CT molecular complexity index is 434. The summed E-state index contributed by atoms with van der Waals surface area (Å²) in [5.74, 6) is -0.591. The highest BCUT2D eigenvalue weighted by atomic mass is 19.1. The van der Waals surface area contributed by atoms with E-state index in [1.807, 2.05) is 0 Å². The van der Waals surface area contributed by atoms with E-state index in [9.17, 15) is 14.0 Å². The Morgan fingerprint density at radius 2 is 2.00 bits per heavy atom. The van der Waals surface area contributed by atoms with Crippen LogP contribution in [0.3, 0.4) is 0 Å². The van der Waals surface area contributed by atoms with Crippen molar-refractivity contribution in [2.24, 2.45) is 0 Å². The number of aromatic hydroxyl groups is 1. The zero-order valence-electron chi connectivity index (χ0n) is 10.3. The van der Waals surface area contributed by atoms with Gasteiger partial charge in [-0.1, -0.05) is 12.1 Å². The van der Waals surface area contributed by atoms with Gasteiger partial charge in [-0.15, -0.1) is 0 Å². The van der Waals surface area contributed by atoms with Gasteiger partial charge in [0.1, 0.15) is 11.8 Å². The molecule has 2 N–H and O–H groups in total. The van der Waals surface area contributed by atoms with Crippen LogP contribution < -0.4 is 5.32 Å². The molecule has 0 spiro atoms. The van der Waals surface area contributed by atoms with Crippen LogP contribution in [0.5, 0.6) is 5.75 Å². The number of carbonyl (C=O) groups is 2. The van der Waals surface area contributed by atoms with E-state index in [4.69, 9.17) is 5.11 Å². The summed E-state index contributed by atoms with van der Waals surface area (Å²) in [5, 5.41) is 11.3. The number of hydrogen-bond donors (Lipinski definition) is 2. The topological polar surface area (TPSA) is 84.9 Å². The number of phenolic OH excluding ortho intramolecular Hbond substituents is 1. The molecule has 0 bridgehead atoms. The average molecular weight is 271 g/mol. The lowest BCUT2D eigenvalue weighted by atomic mass is 10.1. The molecule has 19 heavy (non-hydrogen) atoms. The van der Waals surface area contributed by atoms with Crippen molar-refractivity contribution in [3.63, 3.8) is 0 Å². The van der Waals surface area contributed by atoms with Crippen LogP contribution in [0.2, 0.25) is 0 Å². The summed E-state index contributed by atoms with van der Waals surface area (Å²) in [7, 11) is 1.17. The Labute approximate surface area is 109 Å². The number of nitrogens with one attached hydrogen (secondary N) is 1. The van der Waals surface area contributed by atoms with Crippen molar-refractivity contribution in [2.45, 2.75) is 12.5 Å². The molecule has 104 valence electrons. The first kappa shape index (κ1) is 14.7. The maximum absolute atomic E-state index is 11.8. The normalized spacial score (nSPS) is 11.5. The smallest absolute Gasteiger partial charge is 0.410 e. The second kappa shape index (κ2) is 7.20. The lowest BCUT2D eigenvalue weighted by Crippen LogP contribution is -2.43. The third-order valence-electron chi connectivity index (χ3n) is 2.34. The minimum absolute atomic E-state index is 0.0863. The van der Waals surface area contributed by atoms with Gasteiger partial charge in [0.05, 0.1) is 7.11 Å². The van der Waals surface area contributed by atoms with Gasteiger partial charge in [-0.3, -0.25) is 0 Å². The number of methoxy groups -OCH3 is 1. The molecule has 1 amide bonds. The molecule has 0 aliphatic heterocycles. The minimum atomic E-state index is -1.28. The molecule has 0 heterocycles. The third-order valence-corrected chi connectivity index (χ3v) is 2.34. The third kappa shape index (κ3) is 4.82. The van der Waals surface area contributed by atoms with Gasteiger partial charge in [-0.2, -0.15) is 0 Å². The molecule has 0 fully saturated rings. The monoisotopic (exact) mass is 271 g/mol. The maximum Gasteiger partial charge on any atom is 0.410 e. The van der Waals surface area contributed by atoms with E-state index < -0.39 is 25.0 Å². The number of ether oxygens (including phenoxy) is 2. The fourth-order valence-electron chi connectivity index (χ4n) is 1.44. The van der Waals surface area contributed by atoms with Crippen molar-refractivity contribution in [3.05, 3.63) is 29.8 Å². The lowest BCUT2D eigenvalue weighted by Gasteiger charge is -2.15. The molecule has 0 aliphatic rings. The lowest BCUT2D eigenvalue weighted by molar-refractivity contribution is -0.143. The molecule has 0 saturated carbocycles. The van der Waals surface area contributed by atoms with Crippen LogP contribution >= 0.6 is 0 Å². The first-order valence-corrected chi connectivity index (χ1v) is 5.41. The van der Waals surface area contributed by atoms with E-state index in [2.05, 4.69) is 14.8 Å². The number of halogens is 1. The number of carbonyl (C=O) groups excluding carboxylic acids is 2. The highest BCUT2D eigenvalue weighted by molar-refractivity contribution is 5.81. The molecule has 0 aliphatic carbocycles. The molecule has 1 aromatic carbocycles. The highest BCUT2D eigenvalue weighted by Gasteiger charge is 2.22. The van der Waals surface area contributed by atoms with E-state index in [1.54, 1.807) is 12.1 Å². The number of benzene rings is 1. The van der Waals surface area contributed by atoms with Gasteiger partial charge >= 0.3 is 12.1 Å². The van der Waals surface area contributed by atoms with Gasteiger partial charge in [0.15, 0.2) is 0 Å². The summed E-state index contributed by atoms with van der Waals surface area (Å²) in [6, 6.07) is 5.09. The summed E-state index contributed by atoms with van der Waals surface area (Å²) in [6.45, 7) is -1.28. The summed E-state index contributed by atoms with van der Waals surface area (Å²) in [4.78, 5) is 22.6. The molecule has 7 heteroatoms. The largest absolute Gasteiger partial charge is 0.508 e. The molecule has 6 nitrogen and oxygen atoms in total.